The van der Waals surface area contributed by atoms with Crippen LogP contribution in [0.5, 0.6) is 0 Å². The summed E-state index contributed by atoms with van der Waals surface area (Å²) in [5.74, 6) is -4.43. The molecule has 1 rings (SSSR count). The number of aliphatic hydroxyl groups is 2. The number of carbonyl (C=O) groups excluding carboxylic acids is 6. The minimum Gasteiger partial charge on any atom is -0.394 e. The summed E-state index contributed by atoms with van der Waals surface area (Å²) in [4.78, 5) is 73.4. The number of likely N-dealkylation sites (N-methyl/N-ethyl adjacent to an activating group) is 1. The molecule has 0 bridgehead atoms. The Kier molecular flexibility index (Phi) is 15.4. The molecule has 1 aliphatic rings. The lowest BCUT2D eigenvalue weighted by molar-refractivity contribution is -0.146. The molecular weight excluding hydrogens is 498 g/mol. The summed E-state index contributed by atoms with van der Waals surface area (Å²) >= 11 is 0. The zero-order chi connectivity index (χ0) is 27.3. The summed E-state index contributed by atoms with van der Waals surface area (Å²) < 4.78 is 10.4. The number of carbonyl (C=O) groups is 6. The molecule has 9 N–H and O–H groups in total. The molecule has 1 unspecified atom stereocenters. The molecule has 1 heterocycles. The number of nitrogens with zero attached hydrogens (tertiary/aromatic N) is 1. The Hall–Kier alpha value is -3.54. The van der Waals surface area contributed by atoms with Crippen molar-refractivity contribution in [3.05, 3.63) is 0 Å². The number of hydrazine groups is 1. The fraction of sp³-hybridized carbons (Fsp3) is 0.700. The van der Waals surface area contributed by atoms with E-state index in [1.165, 1.54) is 6.92 Å². The fourth-order valence-corrected chi connectivity index (χ4v) is 2.83. The third kappa shape index (κ3) is 12.3. The van der Waals surface area contributed by atoms with E-state index < -0.39 is 79.4 Å². The van der Waals surface area contributed by atoms with Crippen molar-refractivity contribution in [2.75, 3.05) is 46.6 Å². The molecule has 0 aliphatic carbocycles. The van der Waals surface area contributed by atoms with Gasteiger partial charge in [-0.25, -0.2) is 4.79 Å². The predicted octanol–water partition coefficient (Wildman–Crippen LogP) is -4.96. The maximum absolute atomic E-state index is 12.7. The second-order valence-electron chi connectivity index (χ2n) is 7.69. The monoisotopic (exact) mass is 535 g/mol. The van der Waals surface area contributed by atoms with Crippen LogP contribution in [0.2, 0.25) is 0 Å². The summed E-state index contributed by atoms with van der Waals surface area (Å²) in [5.41, 5.74) is 7.26. The first-order valence-electron chi connectivity index (χ1n) is 10.9. The Bertz CT molecular complexity index is 810. The van der Waals surface area contributed by atoms with Crippen LogP contribution in [0.15, 0.2) is 0 Å². The number of hydrogen-bond donors (Lipinski definition) is 8. The van der Waals surface area contributed by atoms with E-state index in [0.29, 0.717) is 5.01 Å². The van der Waals surface area contributed by atoms with Crippen LogP contribution in [0.3, 0.4) is 0 Å². The summed E-state index contributed by atoms with van der Waals surface area (Å²) in [7, 11) is 1.11. The Morgan fingerprint density at radius 3 is 2.27 bits per heavy atom. The summed E-state index contributed by atoms with van der Waals surface area (Å²) in [6.07, 6.45) is -2.04. The molecule has 0 aromatic carbocycles. The fourth-order valence-electron chi connectivity index (χ4n) is 2.83. The number of hydrogen-bond acceptors (Lipinski definition) is 10. The van der Waals surface area contributed by atoms with Crippen molar-refractivity contribution in [2.45, 2.75) is 45.0 Å². The van der Waals surface area contributed by atoms with E-state index in [1.54, 1.807) is 0 Å². The van der Waals surface area contributed by atoms with Crippen molar-refractivity contribution in [3.8, 4) is 0 Å². The van der Waals surface area contributed by atoms with Crippen molar-refractivity contribution >= 4 is 35.6 Å². The van der Waals surface area contributed by atoms with Gasteiger partial charge >= 0.3 is 6.03 Å². The summed E-state index contributed by atoms with van der Waals surface area (Å²) in [6.45, 7) is 0.162. The zero-order valence-corrected chi connectivity index (χ0v) is 19.9. The third-order valence-electron chi connectivity index (χ3n) is 4.66. The standard InChI is InChI=1S/C19H33N7O10.CH4/c1-10(28)15-18(33)26(2)25-17(32)11(7-13(20)29)22-19(34)23-12(8-27)16(31)21-3-4-35-5-6-36-9-14(30)24-15;/h10-12,15,27-28H,3-9H2,1-2H3,(H2,20,29)(H,21,31)(H,24,30)(H,25,32)(H2,22,23,34);1H4/t10?,11-,12-,15-;/m1./s1. The van der Waals surface area contributed by atoms with Crippen molar-refractivity contribution in [3.63, 3.8) is 0 Å². The molecule has 4 atom stereocenters. The third-order valence-corrected chi connectivity index (χ3v) is 4.66. The second kappa shape index (κ2) is 17.0. The van der Waals surface area contributed by atoms with E-state index in [1.807, 2.05) is 0 Å². The number of aliphatic hydroxyl groups excluding tert-OH is 2. The maximum atomic E-state index is 12.7. The van der Waals surface area contributed by atoms with Gasteiger partial charge in [0.05, 0.1) is 39.0 Å². The Balaban J connectivity index is 0.0000130. The van der Waals surface area contributed by atoms with Crippen LogP contribution in [-0.2, 0) is 33.4 Å². The number of nitrogens with two attached hydrogens (primary N) is 1. The average molecular weight is 536 g/mol. The van der Waals surface area contributed by atoms with Crippen LogP contribution in [0.25, 0.3) is 0 Å². The molecule has 0 radical (unpaired) electrons. The van der Waals surface area contributed by atoms with Gasteiger partial charge in [-0.15, -0.1) is 0 Å². The largest absolute Gasteiger partial charge is 0.394 e. The lowest BCUT2D eigenvalue weighted by Gasteiger charge is -2.28. The first-order valence-corrected chi connectivity index (χ1v) is 10.9. The number of primary amides is 1. The lowest BCUT2D eigenvalue weighted by Crippen LogP contribution is -2.61. The van der Waals surface area contributed by atoms with Crippen LogP contribution in [-0.4, -0.2) is 122 Å². The van der Waals surface area contributed by atoms with Gasteiger partial charge in [0, 0.05) is 13.6 Å². The molecule has 0 aromatic heterocycles. The quantitative estimate of drug-likeness (QED) is 0.170. The second-order valence-corrected chi connectivity index (χ2v) is 7.69. The SMILES string of the molecule is C.CC(O)[C@H]1NC(=O)COCCOCCNC(=O)[C@@H](CO)NC(=O)N[C@H](CC(N)=O)C(=O)NN(C)C1=O. The van der Waals surface area contributed by atoms with Gasteiger partial charge in [-0.05, 0) is 6.92 Å². The van der Waals surface area contributed by atoms with Gasteiger partial charge in [0.1, 0.15) is 24.7 Å². The van der Waals surface area contributed by atoms with Crippen LogP contribution in [0, 0.1) is 0 Å². The molecule has 17 heteroatoms. The van der Waals surface area contributed by atoms with Crippen molar-refractivity contribution in [1.82, 2.24) is 31.7 Å². The van der Waals surface area contributed by atoms with E-state index in [4.69, 9.17) is 15.2 Å². The van der Waals surface area contributed by atoms with Crippen molar-refractivity contribution < 1.29 is 48.5 Å². The Morgan fingerprint density at radius 1 is 1.05 bits per heavy atom. The maximum Gasteiger partial charge on any atom is 0.316 e. The molecule has 1 fully saturated rings. The first-order chi connectivity index (χ1) is 17.0. The molecule has 1 saturated heterocycles. The van der Waals surface area contributed by atoms with Gasteiger partial charge in [-0.3, -0.25) is 34.4 Å². The molecular formula is C20H37N7O10. The molecule has 0 saturated carbocycles. The number of amides is 7. The number of rotatable bonds is 4. The van der Waals surface area contributed by atoms with E-state index >= 15 is 0 Å². The van der Waals surface area contributed by atoms with Crippen molar-refractivity contribution in [1.29, 1.82) is 0 Å². The zero-order valence-electron chi connectivity index (χ0n) is 19.9. The van der Waals surface area contributed by atoms with Crippen LogP contribution in [0.1, 0.15) is 20.8 Å². The van der Waals surface area contributed by atoms with Gasteiger partial charge in [0.15, 0.2) is 0 Å². The van der Waals surface area contributed by atoms with Crippen molar-refractivity contribution in [2.24, 2.45) is 5.73 Å². The van der Waals surface area contributed by atoms with E-state index in [2.05, 4.69) is 26.7 Å². The highest BCUT2D eigenvalue weighted by atomic mass is 16.5. The normalized spacial score (nSPS) is 24.6. The summed E-state index contributed by atoms with van der Waals surface area (Å²) in [6, 6.07) is -5.54. The van der Waals surface area contributed by atoms with Gasteiger partial charge in [0.25, 0.3) is 11.8 Å². The molecule has 212 valence electrons. The minimum atomic E-state index is -1.59. The van der Waals surface area contributed by atoms with Gasteiger partial charge in [-0.1, -0.05) is 7.43 Å². The number of ether oxygens (including phenoxy) is 2. The predicted molar refractivity (Wildman–Crippen MR) is 126 cm³/mol. The lowest BCUT2D eigenvalue weighted by atomic mass is 10.1. The van der Waals surface area contributed by atoms with Crippen LogP contribution in [0.4, 0.5) is 4.79 Å². The minimum absolute atomic E-state index is 0. The van der Waals surface area contributed by atoms with Crippen LogP contribution < -0.4 is 32.4 Å². The Morgan fingerprint density at radius 2 is 1.68 bits per heavy atom. The van der Waals surface area contributed by atoms with Gasteiger partial charge in [0.2, 0.25) is 17.7 Å². The highest BCUT2D eigenvalue weighted by Crippen LogP contribution is 2.00. The van der Waals surface area contributed by atoms with Crippen LogP contribution >= 0.6 is 0 Å². The summed E-state index contributed by atoms with van der Waals surface area (Å²) in [5, 5.41) is 29.0. The topological polar surface area (TPSA) is 251 Å². The molecule has 0 aromatic rings. The highest BCUT2D eigenvalue weighted by Gasteiger charge is 2.32. The van der Waals surface area contributed by atoms with Gasteiger partial charge < -0.3 is 46.7 Å². The number of nitrogens with one attached hydrogen (secondary N) is 5. The van der Waals surface area contributed by atoms with Gasteiger partial charge in [-0.2, -0.15) is 0 Å². The first kappa shape index (κ1) is 33.5. The highest BCUT2D eigenvalue weighted by molar-refractivity contribution is 5.94. The molecule has 1 aliphatic heterocycles. The van der Waals surface area contributed by atoms with E-state index in [0.717, 1.165) is 7.05 Å². The molecule has 7 amide bonds. The van der Waals surface area contributed by atoms with E-state index in [-0.39, 0.29) is 33.8 Å². The smallest absolute Gasteiger partial charge is 0.316 e. The van der Waals surface area contributed by atoms with E-state index in [9.17, 15) is 39.0 Å². The molecule has 37 heavy (non-hydrogen) atoms. The number of urea groups is 1. The Labute approximate surface area is 213 Å². The average Bonchev–Trinajstić information content (AvgIpc) is 2.80. The molecule has 0 spiro atoms. The molecule has 17 nitrogen and oxygen atoms in total.